The van der Waals surface area contributed by atoms with E-state index in [-0.39, 0.29) is 5.41 Å². The van der Waals surface area contributed by atoms with Gasteiger partial charge in [-0.15, -0.1) is 11.3 Å². The maximum atomic E-state index is 6.56. The van der Waals surface area contributed by atoms with E-state index in [0.29, 0.717) is 5.92 Å². The average molecular weight is 518 g/mol. The van der Waals surface area contributed by atoms with E-state index < -0.39 is 0 Å². The summed E-state index contributed by atoms with van der Waals surface area (Å²) in [5, 5.41) is 4.98. The number of aromatic nitrogens is 1. The number of benzene rings is 3. The standard InChI is InChI=1S/C35H35NOS/c1-20(2)16-31-21(3)27-18-24(12-13-30(27)38-31)34-22(4)32-29(37-34)14-15-36-33(32)25-17-23-10-8-9-11-26(23)28(19-25)35(5,6)7/h8-15,17-20H,16H2,1-7H3. The Bertz CT molecular complexity index is 1830. The first-order chi connectivity index (χ1) is 18.1. The summed E-state index contributed by atoms with van der Waals surface area (Å²) < 4.78 is 7.91. The van der Waals surface area contributed by atoms with Crippen LogP contribution in [0.5, 0.6) is 0 Å². The molecule has 0 atom stereocenters. The van der Waals surface area contributed by atoms with Gasteiger partial charge in [-0.2, -0.15) is 0 Å². The number of thiophene rings is 1. The molecule has 3 heteroatoms. The average Bonchev–Trinajstić information content (AvgIpc) is 3.38. The summed E-state index contributed by atoms with van der Waals surface area (Å²) in [5.41, 5.74) is 8.03. The zero-order chi connectivity index (χ0) is 26.8. The smallest absolute Gasteiger partial charge is 0.138 e. The number of fused-ring (bicyclic) bond motifs is 3. The lowest BCUT2D eigenvalue weighted by molar-refractivity contribution is 0.596. The number of nitrogens with zero attached hydrogens (tertiary/aromatic N) is 1. The summed E-state index contributed by atoms with van der Waals surface area (Å²) in [7, 11) is 0. The molecule has 192 valence electrons. The second-order valence-corrected chi connectivity index (χ2v) is 13.2. The van der Waals surface area contributed by atoms with E-state index in [1.165, 1.54) is 36.9 Å². The van der Waals surface area contributed by atoms with Gasteiger partial charge in [0, 0.05) is 32.5 Å². The zero-order valence-corrected chi connectivity index (χ0v) is 24.2. The molecule has 6 aromatic rings. The molecule has 0 saturated heterocycles. The first-order valence-electron chi connectivity index (χ1n) is 13.6. The zero-order valence-electron chi connectivity index (χ0n) is 23.4. The normalized spacial score (nSPS) is 12.4. The largest absolute Gasteiger partial charge is 0.456 e. The first-order valence-corrected chi connectivity index (χ1v) is 14.4. The fraction of sp³-hybridized carbons (Fsp3) is 0.286. The van der Waals surface area contributed by atoms with Crippen molar-refractivity contribution in [2.24, 2.45) is 5.92 Å². The Morgan fingerprint density at radius 3 is 2.42 bits per heavy atom. The van der Waals surface area contributed by atoms with Crippen LogP contribution in [0.2, 0.25) is 0 Å². The molecule has 3 heterocycles. The van der Waals surface area contributed by atoms with Crippen molar-refractivity contribution in [3.05, 3.63) is 88.4 Å². The van der Waals surface area contributed by atoms with Crippen LogP contribution < -0.4 is 0 Å². The molecule has 0 aliphatic rings. The Labute approximate surface area is 229 Å². The van der Waals surface area contributed by atoms with Crippen molar-refractivity contribution < 1.29 is 4.42 Å². The predicted molar refractivity (Wildman–Crippen MR) is 164 cm³/mol. The molecular formula is C35H35NOS. The first kappa shape index (κ1) is 24.9. The van der Waals surface area contributed by atoms with E-state index >= 15 is 0 Å². The molecule has 0 N–H and O–H groups in total. The van der Waals surface area contributed by atoms with Crippen LogP contribution in [0.15, 0.2) is 71.3 Å². The molecule has 0 radical (unpaired) electrons. The van der Waals surface area contributed by atoms with Crippen LogP contribution in [-0.4, -0.2) is 4.98 Å². The van der Waals surface area contributed by atoms with Crippen LogP contribution in [0.25, 0.3) is 54.4 Å². The fourth-order valence-corrected chi connectivity index (χ4v) is 7.14. The van der Waals surface area contributed by atoms with Gasteiger partial charge in [0.05, 0.1) is 11.1 Å². The topological polar surface area (TPSA) is 26.0 Å². The third-order valence-corrected chi connectivity index (χ3v) is 8.97. The fourth-order valence-electron chi connectivity index (χ4n) is 5.73. The number of hydrogen-bond donors (Lipinski definition) is 0. The SMILES string of the molecule is Cc1c(CC(C)C)sc2ccc(-c3oc4ccnc(-c5cc(C(C)(C)C)c6ccccc6c5)c4c3C)cc12. The van der Waals surface area contributed by atoms with Crippen LogP contribution in [-0.2, 0) is 11.8 Å². The van der Waals surface area contributed by atoms with Gasteiger partial charge in [-0.05, 0) is 95.3 Å². The lowest BCUT2D eigenvalue weighted by Gasteiger charge is -2.22. The van der Waals surface area contributed by atoms with Gasteiger partial charge in [0.25, 0.3) is 0 Å². The highest BCUT2D eigenvalue weighted by atomic mass is 32.1. The second kappa shape index (κ2) is 9.10. The van der Waals surface area contributed by atoms with E-state index in [0.717, 1.165) is 45.5 Å². The summed E-state index contributed by atoms with van der Waals surface area (Å²) in [6.45, 7) is 15.9. The van der Waals surface area contributed by atoms with Gasteiger partial charge in [-0.1, -0.05) is 58.9 Å². The summed E-state index contributed by atoms with van der Waals surface area (Å²) in [4.78, 5) is 6.40. The van der Waals surface area contributed by atoms with Gasteiger partial charge in [-0.25, -0.2) is 0 Å². The number of furan rings is 1. The molecule has 0 aliphatic heterocycles. The molecular weight excluding hydrogens is 482 g/mol. The van der Waals surface area contributed by atoms with Gasteiger partial charge < -0.3 is 4.42 Å². The Balaban J connectivity index is 1.54. The minimum absolute atomic E-state index is 0.0162. The number of pyridine rings is 1. The van der Waals surface area contributed by atoms with Crippen molar-refractivity contribution in [1.29, 1.82) is 0 Å². The van der Waals surface area contributed by atoms with Crippen LogP contribution >= 0.6 is 11.3 Å². The highest BCUT2D eigenvalue weighted by Crippen LogP contribution is 2.42. The third-order valence-electron chi connectivity index (χ3n) is 7.67. The van der Waals surface area contributed by atoms with E-state index in [4.69, 9.17) is 9.40 Å². The van der Waals surface area contributed by atoms with Crippen molar-refractivity contribution >= 4 is 43.2 Å². The molecule has 0 bridgehead atoms. The van der Waals surface area contributed by atoms with Crippen molar-refractivity contribution in [3.8, 4) is 22.6 Å². The monoisotopic (exact) mass is 517 g/mol. The highest BCUT2D eigenvalue weighted by Gasteiger charge is 2.22. The molecule has 3 aromatic heterocycles. The summed E-state index contributed by atoms with van der Waals surface area (Å²) in [5.74, 6) is 1.59. The van der Waals surface area contributed by atoms with Crippen molar-refractivity contribution in [2.45, 2.75) is 60.3 Å². The number of aryl methyl sites for hydroxylation is 2. The predicted octanol–water partition coefficient (Wildman–Crippen LogP) is 10.6. The van der Waals surface area contributed by atoms with Crippen LogP contribution in [0.1, 0.15) is 56.2 Å². The molecule has 0 spiro atoms. The maximum Gasteiger partial charge on any atom is 0.138 e. The van der Waals surface area contributed by atoms with Crippen LogP contribution in [0.4, 0.5) is 0 Å². The van der Waals surface area contributed by atoms with Gasteiger partial charge in [-0.3, -0.25) is 4.98 Å². The molecule has 0 unspecified atom stereocenters. The van der Waals surface area contributed by atoms with Crippen molar-refractivity contribution in [1.82, 2.24) is 4.98 Å². The Morgan fingerprint density at radius 1 is 0.868 bits per heavy atom. The Kier molecular flexibility index (Phi) is 5.96. The Morgan fingerprint density at radius 2 is 1.66 bits per heavy atom. The molecule has 0 aliphatic carbocycles. The summed E-state index contributed by atoms with van der Waals surface area (Å²) in [6.07, 6.45) is 3.00. The molecule has 3 aromatic carbocycles. The van der Waals surface area contributed by atoms with Gasteiger partial charge >= 0.3 is 0 Å². The molecule has 2 nitrogen and oxygen atoms in total. The number of rotatable bonds is 4. The lowest BCUT2D eigenvalue weighted by Crippen LogP contribution is -2.12. The molecule has 0 saturated carbocycles. The summed E-state index contributed by atoms with van der Waals surface area (Å²) >= 11 is 1.93. The van der Waals surface area contributed by atoms with E-state index in [2.05, 4.69) is 103 Å². The highest BCUT2D eigenvalue weighted by molar-refractivity contribution is 7.19. The number of hydrogen-bond acceptors (Lipinski definition) is 3. The molecule has 6 rings (SSSR count). The lowest BCUT2D eigenvalue weighted by atomic mass is 9.82. The maximum absolute atomic E-state index is 6.56. The molecule has 0 fully saturated rings. The van der Waals surface area contributed by atoms with Gasteiger partial charge in [0.15, 0.2) is 0 Å². The Hall–Kier alpha value is -3.43. The third kappa shape index (κ3) is 4.14. The minimum atomic E-state index is 0.0162. The van der Waals surface area contributed by atoms with Crippen molar-refractivity contribution in [2.75, 3.05) is 0 Å². The van der Waals surface area contributed by atoms with Gasteiger partial charge in [0.2, 0.25) is 0 Å². The van der Waals surface area contributed by atoms with Crippen LogP contribution in [0.3, 0.4) is 0 Å². The minimum Gasteiger partial charge on any atom is -0.456 e. The van der Waals surface area contributed by atoms with E-state index in [9.17, 15) is 0 Å². The van der Waals surface area contributed by atoms with E-state index in [1.54, 1.807) is 0 Å². The van der Waals surface area contributed by atoms with Gasteiger partial charge in [0.1, 0.15) is 11.3 Å². The van der Waals surface area contributed by atoms with Crippen LogP contribution in [0, 0.1) is 19.8 Å². The second-order valence-electron chi connectivity index (χ2n) is 12.0. The van der Waals surface area contributed by atoms with E-state index in [1.807, 2.05) is 23.6 Å². The van der Waals surface area contributed by atoms with Crippen molar-refractivity contribution in [3.63, 3.8) is 0 Å². The quantitative estimate of drug-likeness (QED) is 0.232. The molecule has 38 heavy (non-hydrogen) atoms. The summed E-state index contributed by atoms with van der Waals surface area (Å²) in [6, 6.07) is 22.1. The molecule has 0 amide bonds.